The summed E-state index contributed by atoms with van der Waals surface area (Å²) in [6, 6.07) is 0. The molecule has 1 heterocycles. The van der Waals surface area contributed by atoms with E-state index in [1.54, 1.807) is 0 Å². The first-order chi connectivity index (χ1) is 7.36. The molecule has 0 aromatic heterocycles. The number of hydrogen-bond acceptors (Lipinski definition) is 3. The van der Waals surface area contributed by atoms with E-state index in [4.69, 9.17) is 0 Å². The van der Waals surface area contributed by atoms with Crippen molar-refractivity contribution in [1.82, 2.24) is 4.90 Å². The van der Waals surface area contributed by atoms with Crippen LogP contribution in [0.4, 0.5) is 0 Å². The van der Waals surface area contributed by atoms with Gasteiger partial charge in [-0.15, -0.1) is 0 Å². The number of carbonyl (C=O) groups is 2. The Morgan fingerprint density at radius 3 is 2.19 bits per heavy atom. The second kappa shape index (κ2) is 3.76. The molecule has 1 saturated carbocycles. The van der Waals surface area contributed by atoms with Crippen LogP contribution in [-0.2, 0) is 9.59 Å². The Morgan fingerprint density at radius 1 is 1.31 bits per heavy atom. The number of likely N-dealkylation sites (tertiary alicyclic amines) is 1. The van der Waals surface area contributed by atoms with Gasteiger partial charge in [0.25, 0.3) is 0 Å². The highest BCUT2D eigenvalue weighted by Crippen LogP contribution is 2.47. The molecule has 3 unspecified atom stereocenters. The molecule has 1 saturated heterocycles. The van der Waals surface area contributed by atoms with Crippen molar-refractivity contribution in [2.24, 2.45) is 23.2 Å². The Labute approximate surface area is 102 Å². The Hall–Kier alpha value is -0.510. The summed E-state index contributed by atoms with van der Waals surface area (Å²) in [5.74, 6) is 1.11. The normalized spacial score (nSPS) is 30.6. The third-order valence-electron chi connectivity index (χ3n) is 3.80. The second-order valence-corrected chi connectivity index (χ2v) is 6.35. The van der Waals surface area contributed by atoms with Gasteiger partial charge in [-0.3, -0.25) is 14.5 Å². The van der Waals surface area contributed by atoms with Gasteiger partial charge in [-0.1, -0.05) is 20.8 Å². The lowest BCUT2D eigenvalue weighted by Gasteiger charge is -2.32. The maximum Gasteiger partial charge on any atom is 0.233 e. The zero-order valence-electron chi connectivity index (χ0n) is 10.1. The van der Waals surface area contributed by atoms with Gasteiger partial charge in [-0.2, -0.15) is 12.6 Å². The van der Waals surface area contributed by atoms with Gasteiger partial charge in [0, 0.05) is 6.54 Å². The van der Waals surface area contributed by atoms with Crippen molar-refractivity contribution in [3.63, 3.8) is 0 Å². The molecule has 1 aliphatic heterocycles. The average Bonchev–Trinajstić information content (AvgIpc) is 2.90. The lowest BCUT2D eigenvalue weighted by molar-refractivity contribution is -0.142. The summed E-state index contributed by atoms with van der Waals surface area (Å²) in [5, 5.41) is 0. The summed E-state index contributed by atoms with van der Waals surface area (Å²) in [6.45, 7) is 6.91. The Bertz CT molecular complexity index is 314. The molecule has 2 fully saturated rings. The molecular weight excluding hydrogens is 222 g/mol. The van der Waals surface area contributed by atoms with Gasteiger partial charge < -0.3 is 0 Å². The molecule has 1 aliphatic carbocycles. The molecule has 0 N–H and O–H groups in total. The molecule has 4 heteroatoms. The standard InChI is InChI=1S/C12H19NO2S/c1-12(2,3)7(6-16)5-13-10(14)8-4-9(8)11(13)15/h7-9,16H,4-6H2,1-3H3. The smallest absolute Gasteiger partial charge is 0.233 e. The monoisotopic (exact) mass is 241 g/mol. The third kappa shape index (κ3) is 1.88. The molecule has 3 nitrogen and oxygen atoms in total. The van der Waals surface area contributed by atoms with Gasteiger partial charge in [-0.05, 0) is 23.5 Å². The zero-order chi connectivity index (χ0) is 12.1. The van der Waals surface area contributed by atoms with Gasteiger partial charge in [0.05, 0.1) is 11.8 Å². The number of hydrogen-bond donors (Lipinski definition) is 1. The number of fused-ring (bicyclic) bond motifs is 1. The van der Waals surface area contributed by atoms with Crippen molar-refractivity contribution in [2.75, 3.05) is 12.3 Å². The summed E-state index contributed by atoms with van der Waals surface area (Å²) in [7, 11) is 0. The first kappa shape index (κ1) is 12.0. The van der Waals surface area contributed by atoms with Gasteiger partial charge in [0.2, 0.25) is 11.8 Å². The van der Waals surface area contributed by atoms with Gasteiger partial charge >= 0.3 is 0 Å². The molecule has 2 rings (SSSR count). The second-order valence-electron chi connectivity index (χ2n) is 5.98. The molecule has 0 bridgehead atoms. The van der Waals surface area contributed by atoms with Gasteiger partial charge in [0.1, 0.15) is 0 Å². The van der Waals surface area contributed by atoms with Crippen LogP contribution in [-0.4, -0.2) is 29.0 Å². The van der Waals surface area contributed by atoms with E-state index in [9.17, 15) is 9.59 Å². The van der Waals surface area contributed by atoms with E-state index in [0.29, 0.717) is 12.3 Å². The predicted octanol–water partition coefficient (Wildman–Crippen LogP) is 1.58. The summed E-state index contributed by atoms with van der Waals surface area (Å²) < 4.78 is 0. The largest absolute Gasteiger partial charge is 0.282 e. The van der Waals surface area contributed by atoms with E-state index >= 15 is 0 Å². The van der Waals surface area contributed by atoms with Gasteiger partial charge in [-0.25, -0.2) is 0 Å². The number of thiol groups is 1. The zero-order valence-corrected chi connectivity index (χ0v) is 11.0. The van der Waals surface area contributed by atoms with E-state index in [0.717, 1.165) is 6.42 Å². The fourth-order valence-corrected chi connectivity index (χ4v) is 2.92. The maximum absolute atomic E-state index is 11.8. The number of piperidine rings is 1. The Morgan fingerprint density at radius 2 is 1.81 bits per heavy atom. The molecule has 0 aromatic rings. The van der Waals surface area contributed by atoms with Crippen LogP contribution in [0, 0.1) is 23.2 Å². The SMILES string of the molecule is CC(C)(C)C(CS)CN1C(=O)C2CC2C1=O. The average molecular weight is 241 g/mol. The summed E-state index contributed by atoms with van der Waals surface area (Å²) in [4.78, 5) is 25.1. The van der Waals surface area contributed by atoms with Crippen LogP contribution in [0.15, 0.2) is 0 Å². The third-order valence-corrected chi connectivity index (χ3v) is 4.25. The van der Waals surface area contributed by atoms with E-state index in [2.05, 4.69) is 33.4 Å². The van der Waals surface area contributed by atoms with Crippen molar-refractivity contribution < 1.29 is 9.59 Å². The van der Waals surface area contributed by atoms with Crippen molar-refractivity contribution in [3.8, 4) is 0 Å². The van der Waals surface area contributed by atoms with Crippen molar-refractivity contribution in [1.29, 1.82) is 0 Å². The van der Waals surface area contributed by atoms with Crippen LogP contribution in [0.25, 0.3) is 0 Å². The van der Waals surface area contributed by atoms with E-state index in [1.807, 2.05) is 0 Å². The predicted molar refractivity (Wildman–Crippen MR) is 65.1 cm³/mol. The molecule has 2 aliphatic rings. The van der Waals surface area contributed by atoms with E-state index < -0.39 is 0 Å². The summed E-state index contributed by atoms with van der Waals surface area (Å²) >= 11 is 4.33. The van der Waals surface area contributed by atoms with Crippen LogP contribution in [0.3, 0.4) is 0 Å². The molecule has 2 amide bonds. The fourth-order valence-electron chi connectivity index (χ4n) is 2.26. The number of amides is 2. The van der Waals surface area contributed by atoms with Crippen LogP contribution < -0.4 is 0 Å². The summed E-state index contributed by atoms with van der Waals surface area (Å²) in [5.41, 5.74) is 0.0785. The van der Waals surface area contributed by atoms with Crippen molar-refractivity contribution in [2.45, 2.75) is 27.2 Å². The van der Waals surface area contributed by atoms with E-state index in [1.165, 1.54) is 4.90 Å². The Kier molecular flexibility index (Phi) is 2.81. The molecule has 0 radical (unpaired) electrons. The summed E-state index contributed by atoms with van der Waals surface area (Å²) in [6.07, 6.45) is 0.787. The topological polar surface area (TPSA) is 37.4 Å². The number of carbonyl (C=O) groups excluding carboxylic acids is 2. The van der Waals surface area contributed by atoms with Crippen LogP contribution >= 0.6 is 12.6 Å². The van der Waals surface area contributed by atoms with Crippen LogP contribution in [0.2, 0.25) is 0 Å². The van der Waals surface area contributed by atoms with Crippen molar-refractivity contribution in [3.05, 3.63) is 0 Å². The molecule has 16 heavy (non-hydrogen) atoms. The number of imide groups is 1. The minimum absolute atomic E-state index is 0.0213. The van der Waals surface area contributed by atoms with Gasteiger partial charge in [0.15, 0.2) is 0 Å². The quantitative estimate of drug-likeness (QED) is 0.602. The minimum Gasteiger partial charge on any atom is -0.282 e. The Balaban J connectivity index is 2.04. The highest BCUT2D eigenvalue weighted by Gasteiger charge is 2.59. The fraction of sp³-hybridized carbons (Fsp3) is 0.833. The van der Waals surface area contributed by atoms with Crippen molar-refractivity contribution >= 4 is 24.4 Å². The molecule has 0 aromatic carbocycles. The van der Waals surface area contributed by atoms with E-state index in [-0.39, 0.29) is 35.0 Å². The molecule has 90 valence electrons. The molecule has 3 atom stereocenters. The number of nitrogens with zero attached hydrogens (tertiary/aromatic N) is 1. The first-order valence-corrected chi connectivity index (χ1v) is 6.45. The molecular formula is C12H19NO2S. The first-order valence-electron chi connectivity index (χ1n) is 5.82. The van der Waals surface area contributed by atoms with Crippen LogP contribution in [0.1, 0.15) is 27.2 Å². The highest BCUT2D eigenvalue weighted by molar-refractivity contribution is 7.80. The number of rotatable bonds is 3. The highest BCUT2D eigenvalue weighted by atomic mass is 32.1. The lowest BCUT2D eigenvalue weighted by atomic mass is 9.81. The maximum atomic E-state index is 11.8. The minimum atomic E-state index is 0.0213. The lowest BCUT2D eigenvalue weighted by Crippen LogP contribution is -2.41. The molecule has 0 spiro atoms. The van der Waals surface area contributed by atoms with Crippen LogP contribution in [0.5, 0.6) is 0 Å².